The van der Waals surface area contributed by atoms with Crippen molar-refractivity contribution in [3.8, 4) is 11.5 Å². The van der Waals surface area contributed by atoms with Gasteiger partial charge in [-0.15, -0.1) is 0 Å². The summed E-state index contributed by atoms with van der Waals surface area (Å²) in [5.74, 6) is 0.461. The highest BCUT2D eigenvalue weighted by Crippen LogP contribution is 2.40. The Labute approximate surface area is 130 Å². The molecule has 7 nitrogen and oxygen atoms in total. The second-order valence-corrected chi connectivity index (χ2v) is 5.08. The van der Waals surface area contributed by atoms with Gasteiger partial charge < -0.3 is 14.8 Å². The molecular formula is C16H10N2O5. The molecule has 0 spiro atoms. The van der Waals surface area contributed by atoms with Crippen LogP contribution < -0.4 is 14.8 Å². The van der Waals surface area contributed by atoms with Gasteiger partial charge >= 0.3 is 0 Å². The van der Waals surface area contributed by atoms with Gasteiger partial charge in [-0.1, -0.05) is 18.2 Å². The van der Waals surface area contributed by atoms with E-state index in [1.807, 2.05) is 6.07 Å². The van der Waals surface area contributed by atoms with Crippen molar-refractivity contribution in [2.75, 3.05) is 12.1 Å². The van der Waals surface area contributed by atoms with Gasteiger partial charge in [-0.3, -0.25) is 14.9 Å². The summed E-state index contributed by atoms with van der Waals surface area (Å²) in [6.45, 7) is 0.0236. The lowest BCUT2D eigenvalue weighted by Crippen LogP contribution is -2.03. The zero-order valence-corrected chi connectivity index (χ0v) is 11.7. The molecule has 1 N–H and O–H groups in total. The van der Waals surface area contributed by atoms with E-state index >= 15 is 0 Å². The van der Waals surface area contributed by atoms with E-state index in [1.54, 1.807) is 18.2 Å². The molecule has 0 aliphatic carbocycles. The van der Waals surface area contributed by atoms with Crippen LogP contribution >= 0.6 is 0 Å². The number of nitrogens with zero attached hydrogens (tertiary/aromatic N) is 1. The van der Waals surface area contributed by atoms with Crippen LogP contribution in [0, 0.1) is 10.1 Å². The van der Waals surface area contributed by atoms with Crippen LogP contribution in [0.3, 0.4) is 0 Å². The molecule has 4 rings (SSSR count). The Morgan fingerprint density at radius 3 is 2.70 bits per heavy atom. The molecule has 7 heteroatoms. The van der Waals surface area contributed by atoms with Gasteiger partial charge in [-0.25, -0.2) is 0 Å². The molecule has 0 fully saturated rings. The summed E-state index contributed by atoms with van der Waals surface area (Å²) in [5, 5.41) is 14.0. The van der Waals surface area contributed by atoms with Crippen molar-refractivity contribution in [1.82, 2.24) is 0 Å². The molecule has 0 radical (unpaired) electrons. The maximum Gasteiger partial charge on any atom is 0.280 e. The summed E-state index contributed by atoms with van der Waals surface area (Å²) in [6, 6.07) is 10.0. The molecule has 23 heavy (non-hydrogen) atoms. The van der Waals surface area contributed by atoms with Crippen molar-refractivity contribution in [2.24, 2.45) is 0 Å². The Balaban J connectivity index is 1.89. The van der Waals surface area contributed by atoms with Crippen LogP contribution in [0.2, 0.25) is 0 Å². The fourth-order valence-electron chi connectivity index (χ4n) is 2.66. The lowest BCUT2D eigenvalue weighted by molar-refractivity contribution is -0.385. The molecule has 0 atom stereocenters. The Kier molecular flexibility index (Phi) is 2.80. The van der Waals surface area contributed by atoms with Crippen molar-refractivity contribution < 1.29 is 19.2 Å². The normalized spacial score (nSPS) is 16.3. The van der Waals surface area contributed by atoms with E-state index in [0.29, 0.717) is 33.9 Å². The van der Waals surface area contributed by atoms with Crippen LogP contribution in [0.5, 0.6) is 11.5 Å². The Morgan fingerprint density at radius 2 is 1.91 bits per heavy atom. The van der Waals surface area contributed by atoms with Gasteiger partial charge in [0, 0.05) is 16.8 Å². The van der Waals surface area contributed by atoms with Gasteiger partial charge in [0.1, 0.15) is 0 Å². The van der Waals surface area contributed by atoms with Crippen LogP contribution in [0.25, 0.3) is 11.6 Å². The minimum atomic E-state index is -0.507. The van der Waals surface area contributed by atoms with E-state index in [-0.39, 0.29) is 18.4 Å². The number of fused-ring (bicyclic) bond motifs is 2. The average Bonchev–Trinajstić information content (AvgIpc) is 3.11. The lowest BCUT2D eigenvalue weighted by atomic mass is 10.0. The molecule has 2 heterocycles. The van der Waals surface area contributed by atoms with E-state index < -0.39 is 4.92 Å². The van der Waals surface area contributed by atoms with Crippen LogP contribution in [0.15, 0.2) is 36.4 Å². The molecule has 2 aliphatic rings. The van der Waals surface area contributed by atoms with E-state index in [1.165, 1.54) is 18.2 Å². The Hall–Kier alpha value is -3.35. The molecule has 0 saturated heterocycles. The third kappa shape index (κ3) is 2.10. The van der Waals surface area contributed by atoms with Crippen LogP contribution in [0.4, 0.5) is 11.4 Å². The molecule has 0 aromatic heterocycles. The predicted molar refractivity (Wildman–Crippen MR) is 82.2 cm³/mol. The third-order valence-corrected chi connectivity index (χ3v) is 3.73. The quantitative estimate of drug-likeness (QED) is 0.523. The van der Waals surface area contributed by atoms with Crippen molar-refractivity contribution in [1.29, 1.82) is 0 Å². The maximum atomic E-state index is 12.1. The molecule has 2 aliphatic heterocycles. The number of carbonyl (C=O) groups excluding carboxylic acids is 1. The van der Waals surface area contributed by atoms with Crippen molar-refractivity contribution in [3.05, 3.63) is 57.6 Å². The lowest BCUT2D eigenvalue weighted by Gasteiger charge is -2.02. The number of nitro benzene ring substituents is 1. The first-order chi connectivity index (χ1) is 11.1. The number of anilines is 1. The smallest absolute Gasteiger partial charge is 0.280 e. The Morgan fingerprint density at radius 1 is 1.17 bits per heavy atom. The average molecular weight is 310 g/mol. The predicted octanol–water partition coefficient (Wildman–Crippen LogP) is 2.82. The van der Waals surface area contributed by atoms with Crippen molar-refractivity contribution >= 4 is 28.9 Å². The number of amides is 1. The van der Waals surface area contributed by atoms with Gasteiger partial charge in [0.15, 0.2) is 11.5 Å². The van der Waals surface area contributed by atoms with Gasteiger partial charge in [-0.2, -0.15) is 0 Å². The maximum absolute atomic E-state index is 12.1. The number of hydrogen-bond donors (Lipinski definition) is 1. The van der Waals surface area contributed by atoms with Crippen LogP contribution in [-0.4, -0.2) is 17.6 Å². The van der Waals surface area contributed by atoms with E-state index in [0.717, 1.165) is 0 Å². The van der Waals surface area contributed by atoms with Gasteiger partial charge in [0.25, 0.3) is 11.6 Å². The molecule has 1 amide bonds. The zero-order valence-electron chi connectivity index (χ0n) is 11.7. The minimum absolute atomic E-state index is 0.0236. The van der Waals surface area contributed by atoms with Crippen molar-refractivity contribution in [2.45, 2.75) is 0 Å². The topological polar surface area (TPSA) is 90.7 Å². The summed E-state index contributed by atoms with van der Waals surface area (Å²) in [6.07, 6.45) is 1.50. The SMILES string of the molecule is O=C1Nc2ccccc2/C1=C/c1cc2c(cc1[N+](=O)[O-])OCO2. The fraction of sp³-hybridized carbons (Fsp3) is 0.0625. The number of ether oxygens (including phenoxy) is 2. The molecule has 0 bridgehead atoms. The molecule has 114 valence electrons. The molecule has 0 unspecified atom stereocenters. The molecule has 2 aromatic rings. The summed E-state index contributed by atoms with van der Waals surface area (Å²) >= 11 is 0. The zero-order chi connectivity index (χ0) is 16.0. The van der Waals surface area contributed by atoms with Gasteiger partial charge in [-0.05, 0) is 18.2 Å². The summed E-state index contributed by atoms with van der Waals surface area (Å²) in [4.78, 5) is 22.9. The van der Waals surface area contributed by atoms with Gasteiger partial charge in [0.05, 0.1) is 16.6 Å². The largest absolute Gasteiger partial charge is 0.454 e. The number of nitrogens with one attached hydrogen (secondary N) is 1. The first-order valence-electron chi connectivity index (χ1n) is 6.84. The second kappa shape index (κ2) is 4.84. The number of para-hydroxylation sites is 1. The minimum Gasteiger partial charge on any atom is -0.454 e. The van der Waals surface area contributed by atoms with Crippen LogP contribution in [0.1, 0.15) is 11.1 Å². The summed E-state index contributed by atoms with van der Waals surface area (Å²) in [7, 11) is 0. The first-order valence-corrected chi connectivity index (χ1v) is 6.84. The second-order valence-electron chi connectivity index (χ2n) is 5.08. The molecule has 2 aromatic carbocycles. The molecule has 0 saturated carbocycles. The number of benzene rings is 2. The highest BCUT2D eigenvalue weighted by Gasteiger charge is 2.27. The number of rotatable bonds is 2. The monoisotopic (exact) mass is 310 g/mol. The highest BCUT2D eigenvalue weighted by molar-refractivity contribution is 6.35. The highest BCUT2D eigenvalue weighted by atomic mass is 16.7. The number of hydrogen-bond acceptors (Lipinski definition) is 5. The Bertz CT molecular complexity index is 888. The summed E-state index contributed by atoms with van der Waals surface area (Å²) < 4.78 is 10.4. The standard InChI is InChI=1S/C16H10N2O5/c19-16-11(10-3-1-2-4-12(10)17-16)5-9-6-14-15(23-8-22-14)7-13(9)18(20)21/h1-7H,8H2,(H,17,19)/b11-5-. The fourth-order valence-corrected chi connectivity index (χ4v) is 2.66. The number of nitro groups is 1. The van der Waals surface area contributed by atoms with Crippen LogP contribution in [-0.2, 0) is 4.79 Å². The van der Waals surface area contributed by atoms with Crippen molar-refractivity contribution in [3.63, 3.8) is 0 Å². The first kappa shape index (κ1) is 13.3. The number of carbonyl (C=O) groups is 1. The molecular weight excluding hydrogens is 300 g/mol. The van der Waals surface area contributed by atoms with E-state index in [2.05, 4.69) is 5.32 Å². The van der Waals surface area contributed by atoms with Gasteiger partial charge in [0.2, 0.25) is 6.79 Å². The summed E-state index contributed by atoms with van der Waals surface area (Å²) in [5.41, 5.74) is 1.93. The van der Waals surface area contributed by atoms with E-state index in [9.17, 15) is 14.9 Å². The third-order valence-electron chi connectivity index (χ3n) is 3.73. The van der Waals surface area contributed by atoms with E-state index in [4.69, 9.17) is 9.47 Å².